The van der Waals surface area contributed by atoms with E-state index in [0.29, 0.717) is 48.1 Å². The largest absolute Gasteiger partial charge is 0.508 e. The smallest absolute Gasteiger partial charge is 0.416 e. The summed E-state index contributed by atoms with van der Waals surface area (Å²) in [5.41, 5.74) is 1.42. The van der Waals surface area contributed by atoms with E-state index in [1.54, 1.807) is 36.5 Å². The molecule has 8 nitrogen and oxygen atoms in total. The number of hydrogen-bond donors (Lipinski definition) is 5. The lowest BCUT2D eigenvalue weighted by molar-refractivity contribution is -0.137. The summed E-state index contributed by atoms with van der Waals surface area (Å²) in [4.78, 5) is 23.2. The van der Waals surface area contributed by atoms with Gasteiger partial charge in [0.2, 0.25) is 11.9 Å². The molecule has 42 heavy (non-hydrogen) atoms. The summed E-state index contributed by atoms with van der Waals surface area (Å²) in [6.07, 6.45) is -0.965. The van der Waals surface area contributed by atoms with Crippen LogP contribution in [0.2, 0.25) is 0 Å². The molecule has 0 unspecified atom stereocenters. The second-order valence-corrected chi connectivity index (χ2v) is 11.2. The van der Waals surface area contributed by atoms with Crippen LogP contribution < -0.4 is 20.7 Å². The highest BCUT2D eigenvalue weighted by Gasteiger charge is 2.51. The van der Waals surface area contributed by atoms with Crippen molar-refractivity contribution in [1.82, 2.24) is 14.7 Å². The number of anilines is 4. The lowest BCUT2D eigenvalue weighted by Gasteiger charge is -2.18. The Morgan fingerprint density at radius 3 is 2.60 bits per heavy atom. The zero-order chi connectivity index (χ0) is 29.3. The van der Waals surface area contributed by atoms with Crippen molar-refractivity contribution in [2.45, 2.75) is 35.7 Å². The molecule has 2 heterocycles. The van der Waals surface area contributed by atoms with Gasteiger partial charge in [0, 0.05) is 47.2 Å². The average Bonchev–Trinajstić information content (AvgIpc) is 3.77. The van der Waals surface area contributed by atoms with E-state index in [9.17, 15) is 23.1 Å². The van der Waals surface area contributed by atoms with Crippen molar-refractivity contribution in [3.05, 3.63) is 84.1 Å². The van der Waals surface area contributed by atoms with E-state index in [0.717, 1.165) is 41.1 Å². The minimum absolute atomic E-state index is 0.128. The van der Waals surface area contributed by atoms with Crippen LogP contribution >= 0.6 is 11.9 Å². The normalized spacial score (nSPS) is 16.1. The predicted molar refractivity (Wildman–Crippen MR) is 157 cm³/mol. The topological polar surface area (TPSA) is 111 Å². The van der Waals surface area contributed by atoms with Crippen LogP contribution in [0.1, 0.15) is 30.4 Å². The van der Waals surface area contributed by atoms with Crippen LogP contribution in [0.25, 0.3) is 11.1 Å². The summed E-state index contributed by atoms with van der Waals surface area (Å²) in [6.45, 7) is 1.39. The molecule has 3 aromatic carbocycles. The fraction of sp³-hybridized carbons (Fsp3) is 0.233. The molecular formula is C30H27F3N6O2S. The Hall–Kier alpha value is -4.29. The summed E-state index contributed by atoms with van der Waals surface area (Å²) in [6, 6.07) is 17.4. The highest BCUT2D eigenvalue weighted by Crippen LogP contribution is 2.50. The molecule has 1 amide bonds. The molecule has 5 N–H and O–H groups in total. The fourth-order valence-electron chi connectivity index (χ4n) is 4.88. The maximum atomic E-state index is 13.2. The van der Waals surface area contributed by atoms with E-state index < -0.39 is 17.2 Å². The number of alkyl halides is 3. The van der Waals surface area contributed by atoms with Gasteiger partial charge in [-0.3, -0.25) is 9.52 Å². The van der Waals surface area contributed by atoms with Crippen molar-refractivity contribution >= 4 is 41.0 Å². The predicted octanol–water partition coefficient (Wildman–Crippen LogP) is 6.69. The van der Waals surface area contributed by atoms with Crippen LogP contribution in [0, 0.1) is 0 Å². The third-order valence-corrected chi connectivity index (χ3v) is 8.08. The van der Waals surface area contributed by atoms with Crippen LogP contribution in [0.4, 0.5) is 36.3 Å². The zero-order valence-electron chi connectivity index (χ0n) is 22.3. The lowest BCUT2D eigenvalue weighted by atomic mass is 9.93. The Bertz CT molecular complexity index is 1630. The molecule has 1 aromatic heterocycles. The maximum Gasteiger partial charge on any atom is 0.416 e. The third kappa shape index (κ3) is 6.00. The lowest BCUT2D eigenvalue weighted by Crippen LogP contribution is -2.28. The minimum atomic E-state index is -4.47. The van der Waals surface area contributed by atoms with Crippen LogP contribution in [0.5, 0.6) is 5.75 Å². The van der Waals surface area contributed by atoms with Gasteiger partial charge in [0.1, 0.15) is 11.6 Å². The van der Waals surface area contributed by atoms with Crippen molar-refractivity contribution in [1.29, 1.82) is 0 Å². The molecule has 6 rings (SSSR count). The van der Waals surface area contributed by atoms with E-state index in [1.165, 1.54) is 18.0 Å². The molecule has 216 valence electrons. The summed E-state index contributed by atoms with van der Waals surface area (Å²) in [7, 11) is 0. The van der Waals surface area contributed by atoms with E-state index in [4.69, 9.17) is 0 Å². The quantitative estimate of drug-likeness (QED) is 0.167. The van der Waals surface area contributed by atoms with Gasteiger partial charge in [-0.05, 0) is 72.7 Å². The van der Waals surface area contributed by atoms with Gasteiger partial charge in [0.25, 0.3) is 0 Å². The van der Waals surface area contributed by atoms with Gasteiger partial charge >= 0.3 is 6.18 Å². The number of aromatic nitrogens is 2. The number of amides is 1. The van der Waals surface area contributed by atoms with Crippen molar-refractivity contribution < 1.29 is 23.1 Å². The number of carbonyl (C=O) groups is 1. The van der Waals surface area contributed by atoms with Gasteiger partial charge in [0.05, 0.1) is 11.0 Å². The average molecular weight is 593 g/mol. The summed E-state index contributed by atoms with van der Waals surface area (Å²) in [5, 5.41) is 19.5. The molecule has 1 aliphatic carbocycles. The first kappa shape index (κ1) is 27.9. The van der Waals surface area contributed by atoms with Crippen molar-refractivity contribution in [3.63, 3.8) is 0 Å². The van der Waals surface area contributed by atoms with Crippen molar-refractivity contribution in [2.75, 3.05) is 29.0 Å². The Morgan fingerprint density at radius 2 is 1.83 bits per heavy atom. The first-order chi connectivity index (χ1) is 20.2. The number of aromatic hydroxyl groups is 1. The summed E-state index contributed by atoms with van der Waals surface area (Å²) in [5.74, 6) is 0.792. The second-order valence-electron chi connectivity index (χ2n) is 10.3. The van der Waals surface area contributed by atoms with Gasteiger partial charge in [-0.25, -0.2) is 4.98 Å². The van der Waals surface area contributed by atoms with Gasteiger partial charge in [-0.1, -0.05) is 30.3 Å². The summed E-state index contributed by atoms with van der Waals surface area (Å²) < 4.78 is 43.0. The Balaban J connectivity index is 1.21. The molecule has 1 fully saturated rings. The first-order valence-electron chi connectivity index (χ1n) is 13.4. The second kappa shape index (κ2) is 11.2. The highest BCUT2D eigenvalue weighted by molar-refractivity contribution is 7.97. The Kier molecular flexibility index (Phi) is 7.42. The number of fused-ring (bicyclic) bond motifs is 4. The van der Waals surface area contributed by atoms with Gasteiger partial charge < -0.3 is 21.1 Å². The van der Waals surface area contributed by atoms with Crippen molar-refractivity contribution in [2.24, 2.45) is 0 Å². The van der Waals surface area contributed by atoms with Crippen molar-refractivity contribution in [3.8, 4) is 16.9 Å². The highest BCUT2D eigenvalue weighted by atomic mass is 32.2. The van der Waals surface area contributed by atoms with Crippen LogP contribution in [0.15, 0.2) is 77.8 Å². The number of benzene rings is 3. The molecule has 0 radical (unpaired) electrons. The molecule has 0 spiro atoms. The maximum absolute atomic E-state index is 13.2. The molecule has 4 bridgehead atoms. The number of nitrogens with zero attached hydrogens (tertiary/aromatic N) is 2. The molecule has 1 aliphatic heterocycles. The van der Waals surface area contributed by atoms with Crippen LogP contribution in [-0.2, 0) is 16.4 Å². The number of halogens is 3. The van der Waals surface area contributed by atoms with Gasteiger partial charge in [0.15, 0.2) is 0 Å². The monoisotopic (exact) mass is 592 g/mol. The Morgan fingerprint density at radius 1 is 1.02 bits per heavy atom. The number of carbonyl (C=O) groups excluding carboxylic acids is 1. The molecule has 0 atom stereocenters. The Labute approximate surface area is 244 Å². The zero-order valence-corrected chi connectivity index (χ0v) is 23.1. The number of nitrogens with one attached hydrogen (secondary N) is 4. The van der Waals surface area contributed by atoms with Crippen LogP contribution in [-0.4, -0.2) is 34.1 Å². The SMILES string of the molecule is O=C(Nc1ccc(-c2cnc3nc2NCCCNSc2cc(O)cc(c2)N3)cc1)C1(c2cccc(C(F)(F)F)c2)CC1. The number of phenolic OH excluding ortho intramolecular Hbond substituents is 1. The molecular weight excluding hydrogens is 565 g/mol. The van der Waals surface area contributed by atoms with Gasteiger partial charge in [-0.15, -0.1) is 0 Å². The van der Waals surface area contributed by atoms with E-state index in [-0.39, 0.29) is 11.7 Å². The van der Waals surface area contributed by atoms with E-state index >= 15 is 0 Å². The van der Waals surface area contributed by atoms with Crippen LogP contribution in [0.3, 0.4) is 0 Å². The molecule has 4 aromatic rings. The molecule has 1 saturated carbocycles. The van der Waals surface area contributed by atoms with E-state index in [1.807, 2.05) is 18.2 Å². The van der Waals surface area contributed by atoms with E-state index in [2.05, 4.69) is 30.6 Å². The molecule has 2 aliphatic rings. The third-order valence-electron chi connectivity index (χ3n) is 7.26. The number of phenols is 1. The number of hydrogen-bond acceptors (Lipinski definition) is 8. The number of rotatable bonds is 4. The first-order valence-corrected chi connectivity index (χ1v) is 14.2. The molecule has 12 heteroatoms. The minimum Gasteiger partial charge on any atom is -0.508 e. The fourth-order valence-corrected chi connectivity index (χ4v) is 5.66. The van der Waals surface area contributed by atoms with Gasteiger partial charge in [-0.2, -0.15) is 18.2 Å². The summed E-state index contributed by atoms with van der Waals surface area (Å²) >= 11 is 1.44. The standard InChI is InChI=1S/C30H27F3N6O2S/c31-30(32,33)20-4-1-3-19(13-20)29(9-10-29)27(41)37-21-7-5-18(6-8-21)25-17-35-28-38-22-14-23(40)16-24(15-22)42-36-12-2-11-34-26(25)39-28/h1,3-8,13-17,36,40H,2,9-12H2,(H,37,41)(H2,34,35,38,39). The molecule has 0 saturated heterocycles.